The highest BCUT2D eigenvalue weighted by Crippen LogP contribution is 2.44. The number of anilines is 1. The second kappa shape index (κ2) is 15.1. The van der Waals surface area contributed by atoms with E-state index in [0.717, 1.165) is 23.1 Å². The molecule has 48 heavy (non-hydrogen) atoms. The number of thioether (sulfide) groups is 1. The summed E-state index contributed by atoms with van der Waals surface area (Å²) in [6.07, 6.45) is 0.854. The summed E-state index contributed by atoms with van der Waals surface area (Å²) >= 11 is 8.69. The maximum atomic E-state index is 13.7. The molecule has 0 spiro atoms. The van der Waals surface area contributed by atoms with Crippen LogP contribution >= 0.6 is 34.7 Å². The van der Waals surface area contributed by atoms with Gasteiger partial charge >= 0.3 is 5.91 Å². The van der Waals surface area contributed by atoms with Crippen LogP contribution in [-0.4, -0.2) is 33.6 Å². The molecular weight excluding hydrogens is 666 g/mol. The minimum absolute atomic E-state index is 0.0404. The fourth-order valence-electron chi connectivity index (χ4n) is 5.19. The maximum absolute atomic E-state index is 13.7. The fraction of sp³-hybridized carbons (Fsp3) is 0.189. The zero-order valence-electron chi connectivity index (χ0n) is 26.3. The molecule has 0 bridgehead atoms. The summed E-state index contributed by atoms with van der Waals surface area (Å²) in [6, 6.07) is 28.5. The van der Waals surface area contributed by atoms with Crippen LogP contribution in [0.25, 0.3) is 5.76 Å². The number of aliphatic hydroxyl groups excluding tert-OH is 1. The number of amides is 1. The first-order chi connectivity index (χ1) is 23.3. The minimum atomic E-state index is -0.940. The van der Waals surface area contributed by atoms with Crippen molar-refractivity contribution in [2.45, 2.75) is 43.0 Å². The quantitative estimate of drug-likeness (QED) is 0.0454. The third-order valence-electron chi connectivity index (χ3n) is 7.77. The largest absolute Gasteiger partial charge is 0.507 e. The second-order valence-corrected chi connectivity index (χ2v) is 13.7. The Balaban J connectivity index is 1.30. The van der Waals surface area contributed by atoms with Crippen LogP contribution in [0.4, 0.5) is 5.13 Å². The number of hydrogen-bond acceptors (Lipinski definition) is 9. The van der Waals surface area contributed by atoms with Crippen molar-refractivity contribution in [3.8, 4) is 11.5 Å². The highest BCUT2D eigenvalue weighted by atomic mass is 35.5. The molecule has 1 N–H and O–H groups in total. The summed E-state index contributed by atoms with van der Waals surface area (Å²) in [6.45, 7) is 5.00. The number of aromatic nitrogens is 2. The molecule has 1 fully saturated rings. The van der Waals surface area contributed by atoms with Crippen molar-refractivity contribution in [1.29, 1.82) is 0 Å². The zero-order chi connectivity index (χ0) is 33.6. The van der Waals surface area contributed by atoms with Crippen LogP contribution in [0.5, 0.6) is 11.5 Å². The van der Waals surface area contributed by atoms with Gasteiger partial charge in [0.1, 0.15) is 23.9 Å². The normalized spacial score (nSPS) is 15.6. The first-order valence-corrected chi connectivity index (χ1v) is 17.5. The van der Waals surface area contributed by atoms with Crippen LogP contribution in [0.2, 0.25) is 5.02 Å². The lowest BCUT2D eigenvalue weighted by atomic mass is 9.95. The number of carbonyl (C=O) groups excluding carboxylic acids is 2. The average Bonchev–Trinajstić information content (AvgIpc) is 3.68. The topological polar surface area (TPSA) is 102 Å². The molecule has 0 aliphatic carbocycles. The molecule has 244 valence electrons. The second-order valence-electron chi connectivity index (χ2n) is 11.1. The van der Waals surface area contributed by atoms with Crippen molar-refractivity contribution in [3.63, 3.8) is 0 Å². The number of nitrogens with zero attached hydrogens (tertiary/aromatic N) is 3. The van der Waals surface area contributed by atoms with Crippen molar-refractivity contribution in [2.75, 3.05) is 11.5 Å². The van der Waals surface area contributed by atoms with E-state index < -0.39 is 17.7 Å². The Labute approximate surface area is 292 Å². The number of rotatable bonds is 12. The predicted octanol–water partition coefficient (Wildman–Crippen LogP) is 8.79. The number of Topliss-reactive ketones (excluding diaryl/α,β-unsaturated/α-hetero) is 1. The molecule has 6 rings (SSSR count). The standard InChI is InChI=1S/C37H32ClN3O5S2/c1-3-20-45-29-16-10-25(11-17-29)32-31(33(42)26-12-18-30(19-13-26)46-21-27-7-5-4-6-23(27)2)34(43)35(44)41(32)36-39-40-37(48-36)47-22-24-8-14-28(38)15-9-24/h4-19,32,42H,3,20-22H2,1-2H3. The molecule has 1 saturated heterocycles. The summed E-state index contributed by atoms with van der Waals surface area (Å²) in [4.78, 5) is 28.7. The third kappa shape index (κ3) is 7.41. The monoisotopic (exact) mass is 697 g/mol. The van der Waals surface area contributed by atoms with Gasteiger partial charge in [-0.05, 0) is 84.1 Å². The van der Waals surface area contributed by atoms with E-state index in [4.69, 9.17) is 21.1 Å². The van der Waals surface area contributed by atoms with Gasteiger partial charge in [0.2, 0.25) is 5.13 Å². The van der Waals surface area contributed by atoms with E-state index in [1.165, 1.54) is 28.0 Å². The van der Waals surface area contributed by atoms with Gasteiger partial charge in [0, 0.05) is 16.3 Å². The number of ketones is 1. The predicted molar refractivity (Wildman–Crippen MR) is 190 cm³/mol. The SMILES string of the molecule is CCCOc1ccc(C2C(=C(O)c3ccc(OCc4ccccc4C)cc3)C(=O)C(=O)N2c2nnc(SCc3ccc(Cl)cc3)s2)cc1. The summed E-state index contributed by atoms with van der Waals surface area (Å²) < 4.78 is 12.4. The van der Waals surface area contributed by atoms with E-state index in [1.54, 1.807) is 48.5 Å². The van der Waals surface area contributed by atoms with Crippen LogP contribution in [0.3, 0.4) is 0 Å². The summed E-state index contributed by atoms with van der Waals surface area (Å²) in [7, 11) is 0. The molecule has 0 radical (unpaired) electrons. The van der Waals surface area contributed by atoms with Gasteiger partial charge in [-0.25, -0.2) is 0 Å². The van der Waals surface area contributed by atoms with Gasteiger partial charge in [-0.2, -0.15) is 0 Å². The Hall–Kier alpha value is -4.64. The molecule has 0 saturated carbocycles. The minimum Gasteiger partial charge on any atom is -0.507 e. The van der Waals surface area contributed by atoms with E-state index in [2.05, 4.69) is 10.2 Å². The zero-order valence-corrected chi connectivity index (χ0v) is 28.6. The van der Waals surface area contributed by atoms with Crippen LogP contribution in [0.1, 0.15) is 47.2 Å². The van der Waals surface area contributed by atoms with Gasteiger partial charge in [-0.3, -0.25) is 14.5 Å². The summed E-state index contributed by atoms with van der Waals surface area (Å²) in [5.74, 6) is -0.00874. The van der Waals surface area contributed by atoms with Gasteiger partial charge < -0.3 is 14.6 Å². The first kappa shape index (κ1) is 33.3. The van der Waals surface area contributed by atoms with Gasteiger partial charge in [0.25, 0.3) is 5.78 Å². The molecule has 1 unspecified atom stereocenters. The molecule has 1 aromatic heterocycles. The van der Waals surface area contributed by atoms with Gasteiger partial charge in [-0.1, -0.05) is 90.2 Å². The molecule has 2 heterocycles. The van der Waals surface area contributed by atoms with Crippen LogP contribution in [0, 0.1) is 6.92 Å². The Kier molecular flexibility index (Phi) is 10.4. The lowest BCUT2D eigenvalue weighted by Crippen LogP contribution is -2.29. The van der Waals surface area contributed by atoms with Crippen LogP contribution in [0.15, 0.2) is 107 Å². The van der Waals surface area contributed by atoms with Gasteiger partial charge in [0.15, 0.2) is 4.34 Å². The average molecular weight is 698 g/mol. The smallest absolute Gasteiger partial charge is 0.301 e. The molecule has 4 aromatic carbocycles. The Morgan fingerprint density at radius 1 is 0.917 bits per heavy atom. The third-order valence-corrected chi connectivity index (χ3v) is 10.2. The molecule has 1 amide bonds. The number of carbonyl (C=O) groups is 2. The van der Waals surface area contributed by atoms with Gasteiger partial charge in [0.05, 0.1) is 18.2 Å². The molecular formula is C37H32ClN3O5S2. The first-order valence-electron chi connectivity index (χ1n) is 15.3. The fourth-order valence-corrected chi connectivity index (χ4v) is 7.14. The van der Waals surface area contributed by atoms with Gasteiger partial charge in [-0.15, -0.1) is 10.2 Å². The lowest BCUT2D eigenvalue weighted by Gasteiger charge is -2.22. The van der Waals surface area contributed by atoms with Crippen LogP contribution in [-0.2, 0) is 21.9 Å². The molecule has 1 atom stereocenters. The van der Waals surface area contributed by atoms with Crippen LogP contribution < -0.4 is 14.4 Å². The number of benzene rings is 4. The molecule has 11 heteroatoms. The molecule has 8 nitrogen and oxygen atoms in total. The summed E-state index contributed by atoms with van der Waals surface area (Å²) in [5.41, 5.74) is 4.20. The van der Waals surface area contributed by atoms with E-state index in [0.29, 0.717) is 51.0 Å². The van der Waals surface area contributed by atoms with Crippen molar-refractivity contribution in [2.24, 2.45) is 0 Å². The summed E-state index contributed by atoms with van der Waals surface area (Å²) in [5, 5.41) is 21.1. The lowest BCUT2D eigenvalue weighted by molar-refractivity contribution is -0.132. The Morgan fingerprint density at radius 3 is 2.31 bits per heavy atom. The van der Waals surface area contributed by atoms with Crippen molar-refractivity contribution >= 4 is 57.3 Å². The molecule has 5 aromatic rings. The molecule has 1 aliphatic rings. The van der Waals surface area contributed by atoms with E-state index in [1.807, 2.05) is 62.4 Å². The number of halogens is 1. The molecule has 1 aliphatic heterocycles. The van der Waals surface area contributed by atoms with E-state index >= 15 is 0 Å². The van der Waals surface area contributed by atoms with Crippen molar-refractivity contribution in [1.82, 2.24) is 10.2 Å². The van der Waals surface area contributed by atoms with E-state index in [-0.39, 0.29) is 16.5 Å². The highest BCUT2D eigenvalue weighted by molar-refractivity contribution is 8.00. The van der Waals surface area contributed by atoms with Crippen molar-refractivity contribution in [3.05, 3.63) is 135 Å². The number of hydrogen-bond donors (Lipinski definition) is 1. The number of ether oxygens (including phenoxy) is 2. The van der Waals surface area contributed by atoms with E-state index in [9.17, 15) is 14.7 Å². The number of aryl methyl sites for hydroxylation is 1. The highest BCUT2D eigenvalue weighted by Gasteiger charge is 2.48. The Bertz CT molecular complexity index is 1940. The van der Waals surface area contributed by atoms with Crippen molar-refractivity contribution < 1.29 is 24.2 Å². The number of aliphatic hydroxyl groups is 1. The maximum Gasteiger partial charge on any atom is 0.301 e. The Morgan fingerprint density at radius 2 is 1.60 bits per heavy atom.